The normalized spacial score (nSPS) is 14.1. The molecule has 3 aromatic rings. The molecule has 1 amide bonds. The lowest BCUT2D eigenvalue weighted by Gasteiger charge is -2.04. The first-order chi connectivity index (χ1) is 12.3. The number of aryl methyl sites for hydroxylation is 1. The largest absolute Gasteiger partial charge is 0.454 e. The van der Waals surface area contributed by atoms with E-state index < -0.39 is 0 Å². The number of hydrogen-bond donors (Lipinski definition) is 2. The molecule has 0 aromatic carbocycles. The van der Waals surface area contributed by atoms with Gasteiger partial charge in [-0.25, -0.2) is 0 Å². The van der Waals surface area contributed by atoms with E-state index in [1.807, 2.05) is 12.3 Å². The fourth-order valence-corrected chi connectivity index (χ4v) is 3.26. The van der Waals surface area contributed by atoms with E-state index in [2.05, 4.69) is 20.6 Å². The highest BCUT2D eigenvalue weighted by Gasteiger charge is 2.17. The van der Waals surface area contributed by atoms with Crippen LogP contribution in [0.5, 0.6) is 0 Å². The van der Waals surface area contributed by atoms with Crippen LogP contribution in [0.25, 0.3) is 0 Å². The Bertz CT molecular complexity index is 847. The number of rotatable bonds is 5. The highest BCUT2D eigenvalue weighted by molar-refractivity contribution is 5.91. The molecule has 3 aromatic heterocycles. The summed E-state index contributed by atoms with van der Waals surface area (Å²) >= 11 is 0. The Balaban J connectivity index is 1.38. The van der Waals surface area contributed by atoms with Gasteiger partial charge in [0.25, 0.3) is 5.91 Å². The van der Waals surface area contributed by atoms with E-state index in [0.29, 0.717) is 24.6 Å². The molecule has 25 heavy (non-hydrogen) atoms. The van der Waals surface area contributed by atoms with Crippen LogP contribution >= 0.6 is 0 Å². The summed E-state index contributed by atoms with van der Waals surface area (Å²) in [6, 6.07) is 5.35. The fraction of sp³-hybridized carbons (Fsp3) is 0.389. The Morgan fingerprint density at radius 3 is 3.08 bits per heavy atom. The number of carbonyl (C=O) groups is 1. The van der Waals surface area contributed by atoms with Crippen LogP contribution in [0.2, 0.25) is 0 Å². The topological polar surface area (TPSA) is 88.7 Å². The second kappa shape index (κ2) is 6.96. The van der Waals surface area contributed by atoms with E-state index in [1.165, 1.54) is 30.5 Å². The quantitative estimate of drug-likeness (QED) is 0.699. The molecule has 0 saturated heterocycles. The summed E-state index contributed by atoms with van der Waals surface area (Å²) in [6.45, 7) is 0.924. The van der Waals surface area contributed by atoms with Crippen LogP contribution in [-0.4, -0.2) is 25.9 Å². The van der Waals surface area contributed by atoms with Crippen LogP contribution in [0.4, 0.5) is 0 Å². The molecule has 0 aliphatic heterocycles. The molecule has 0 saturated carbocycles. The van der Waals surface area contributed by atoms with Crippen molar-refractivity contribution < 1.29 is 9.21 Å². The predicted molar refractivity (Wildman–Crippen MR) is 91.1 cm³/mol. The van der Waals surface area contributed by atoms with Gasteiger partial charge in [0.15, 0.2) is 5.76 Å². The number of carbonyl (C=O) groups excluding carboxylic acids is 1. The molecule has 1 aliphatic carbocycles. The van der Waals surface area contributed by atoms with E-state index >= 15 is 0 Å². The summed E-state index contributed by atoms with van der Waals surface area (Å²) < 4.78 is 7.37. The first kappa shape index (κ1) is 15.7. The minimum absolute atomic E-state index is 0.225. The van der Waals surface area contributed by atoms with Crippen molar-refractivity contribution in [1.82, 2.24) is 25.3 Å². The van der Waals surface area contributed by atoms with Crippen molar-refractivity contribution in [2.24, 2.45) is 0 Å². The molecular weight excluding hydrogens is 318 g/mol. The number of amides is 1. The number of fused-ring (bicyclic) bond motifs is 1. The van der Waals surface area contributed by atoms with Crippen molar-refractivity contribution in [3.63, 3.8) is 0 Å². The molecule has 0 unspecified atom stereocenters. The van der Waals surface area contributed by atoms with Crippen LogP contribution in [0.1, 0.15) is 52.5 Å². The lowest BCUT2D eigenvalue weighted by molar-refractivity contribution is 0.0920. The molecule has 7 nitrogen and oxygen atoms in total. The number of aromatic amines is 1. The zero-order valence-corrected chi connectivity index (χ0v) is 14.0. The van der Waals surface area contributed by atoms with Crippen LogP contribution in [0, 0.1) is 0 Å². The Kier molecular flexibility index (Phi) is 4.37. The van der Waals surface area contributed by atoms with Gasteiger partial charge in [-0.1, -0.05) is 6.42 Å². The van der Waals surface area contributed by atoms with Gasteiger partial charge in [0.1, 0.15) is 5.76 Å². The van der Waals surface area contributed by atoms with Gasteiger partial charge in [0.2, 0.25) is 0 Å². The zero-order valence-electron chi connectivity index (χ0n) is 14.0. The third-order valence-corrected chi connectivity index (χ3v) is 4.57. The van der Waals surface area contributed by atoms with Gasteiger partial charge >= 0.3 is 0 Å². The molecule has 0 spiro atoms. The van der Waals surface area contributed by atoms with Crippen molar-refractivity contribution in [3.8, 4) is 0 Å². The maximum absolute atomic E-state index is 12.3. The average molecular weight is 339 g/mol. The van der Waals surface area contributed by atoms with Gasteiger partial charge in [-0.2, -0.15) is 10.2 Å². The van der Waals surface area contributed by atoms with Crippen molar-refractivity contribution in [2.45, 2.75) is 45.2 Å². The molecule has 3 heterocycles. The molecule has 0 atom stereocenters. The Morgan fingerprint density at radius 2 is 2.20 bits per heavy atom. The number of nitrogens with one attached hydrogen (secondary N) is 2. The highest BCUT2D eigenvalue weighted by atomic mass is 16.4. The smallest absolute Gasteiger partial charge is 0.287 e. The van der Waals surface area contributed by atoms with Gasteiger partial charge < -0.3 is 9.73 Å². The number of H-pyrrole nitrogens is 1. The third-order valence-electron chi connectivity index (χ3n) is 4.57. The summed E-state index contributed by atoms with van der Waals surface area (Å²) in [5, 5.41) is 14.5. The van der Waals surface area contributed by atoms with Crippen LogP contribution in [-0.2, 0) is 25.9 Å². The monoisotopic (exact) mass is 339 g/mol. The first-order valence-electron chi connectivity index (χ1n) is 8.69. The molecule has 0 radical (unpaired) electrons. The molecular formula is C18H21N5O2. The fourth-order valence-electron chi connectivity index (χ4n) is 3.26. The van der Waals surface area contributed by atoms with Gasteiger partial charge in [0, 0.05) is 18.1 Å². The summed E-state index contributed by atoms with van der Waals surface area (Å²) in [7, 11) is 0. The molecule has 130 valence electrons. The van der Waals surface area contributed by atoms with E-state index in [4.69, 9.17) is 4.42 Å². The number of furan rings is 1. The van der Waals surface area contributed by atoms with Crippen LogP contribution in [0.3, 0.4) is 0 Å². The SMILES string of the molecule is O=C(NCc1n[nH]c2c1CCCCC2)c1ccc(Cn2cccn2)o1. The lowest BCUT2D eigenvalue weighted by Crippen LogP contribution is -2.23. The summed E-state index contributed by atoms with van der Waals surface area (Å²) in [4.78, 5) is 12.3. The van der Waals surface area contributed by atoms with E-state index in [0.717, 1.165) is 18.5 Å². The van der Waals surface area contributed by atoms with E-state index in [9.17, 15) is 4.79 Å². The van der Waals surface area contributed by atoms with Crippen molar-refractivity contribution in [1.29, 1.82) is 0 Å². The number of nitrogens with zero attached hydrogens (tertiary/aromatic N) is 3. The second-order valence-corrected chi connectivity index (χ2v) is 6.34. The molecule has 2 N–H and O–H groups in total. The molecule has 1 aliphatic rings. The minimum atomic E-state index is -0.225. The number of aromatic nitrogens is 4. The van der Waals surface area contributed by atoms with Crippen LogP contribution in [0.15, 0.2) is 35.0 Å². The molecule has 4 rings (SSSR count). The summed E-state index contributed by atoms with van der Waals surface area (Å²) in [5.41, 5.74) is 3.44. The lowest BCUT2D eigenvalue weighted by atomic mass is 10.1. The Hall–Kier alpha value is -2.83. The number of hydrogen-bond acceptors (Lipinski definition) is 4. The van der Waals surface area contributed by atoms with E-state index in [1.54, 1.807) is 23.0 Å². The van der Waals surface area contributed by atoms with Gasteiger partial charge in [-0.15, -0.1) is 0 Å². The predicted octanol–water partition coefficient (Wildman–Crippen LogP) is 2.45. The van der Waals surface area contributed by atoms with Crippen molar-refractivity contribution in [3.05, 3.63) is 59.1 Å². The van der Waals surface area contributed by atoms with Gasteiger partial charge in [-0.05, 0) is 49.4 Å². The average Bonchev–Trinajstić information content (AvgIpc) is 3.33. The molecule has 0 fully saturated rings. The van der Waals surface area contributed by atoms with Gasteiger partial charge in [0.05, 0.1) is 18.8 Å². The van der Waals surface area contributed by atoms with Gasteiger partial charge in [-0.3, -0.25) is 14.6 Å². The van der Waals surface area contributed by atoms with Crippen molar-refractivity contribution >= 4 is 5.91 Å². The van der Waals surface area contributed by atoms with Crippen LogP contribution < -0.4 is 5.32 Å². The standard InChI is InChI=1S/C18H21N5O2/c24-18(17-8-7-13(25-17)12-23-10-4-9-20-23)19-11-16-14-5-2-1-3-6-15(14)21-22-16/h4,7-10H,1-3,5-6,11-12H2,(H,19,24)(H,21,22). The first-order valence-corrected chi connectivity index (χ1v) is 8.69. The third kappa shape index (κ3) is 3.50. The van der Waals surface area contributed by atoms with Crippen molar-refractivity contribution in [2.75, 3.05) is 0 Å². The summed E-state index contributed by atoms with van der Waals surface area (Å²) in [6.07, 6.45) is 9.28. The maximum Gasteiger partial charge on any atom is 0.287 e. The highest BCUT2D eigenvalue weighted by Crippen LogP contribution is 2.21. The molecule has 7 heteroatoms. The Labute approximate surface area is 145 Å². The zero-order chi connectivity index (χ0) is 17.1. The summed E-state index contributed by atoms with van der Waals surface area (Å²) in [5.74, 6) is 0.781. The van der Waals surface area contributed by atoms with E-state index in [-0.39, 0.29) is 5.91 Å². The maximum atomic E-state index is 12.3. The Morgan fingerprint density at radius 1 is 1.28 bits per heavy atom. The minimum Gasteiger partial charge on any atom is -0.454 e. The molecule has 0 bridgehead atoms. The second-order valence-electron chi connectivity index (χ2n) is 6.34.